The number of hydrogen-bond donors (Lipinski definition) is 3. The fraction of sp³-hybridized carbons (Fsp3) is 0.943. The predicted octanol–water partition coefficient (Wildman–Crippen LogP) is 4.85. The average molecular weight is 608 g/mol. The summed E-state index contributed by atoms with van der Waals surface area (Å²) in [5.41, 5.74) is 6.32. The molecule has 1 aliphatic heterocycles. The van der Waals surface area contributed by atoms with Crippen LogP contribution in [0.2, 0.25) is 0 Å². The summed E-state index contributed by atoms with van der Waals surface area (Å²) in [6, 6.07) is 0. The van der Waals surface area contributed by atoms with Crippen molar-refractivity contribution in [1.29, 1.82) is 0 Å². The maximum absolute atomic E-state index is 12.2. The highest BCUT2D eigenvalue weighted by molar-refractivity contribution is 5.66. The van der Waals surface area contributed by atoms with Gasteiger partial charge in [-0.15, -0.1) is 0 Å². The lowest BCUT2D eigenvalue weighted by atomic mass is 9.66. The lowest BCUT2D eigenvalue weighted by molar-refractivity contribution is -0.699. The number of methoxy groups -OCH3 is 1. The third-order valence-electron chi connectivity index (χ3n) is 11.6. The minimum atomic E-state index is -0.455. The molecule has 4 rings (SSSR count). The minimum absolute atomic E-state index is 0.122. The number of hydrogen-bond acceptors (Lipinski definition) is 7. The standard InChI is InChI=1S/C35H62N2O6/c1-23(38)42-30(14-13-28-19-34(41-3)33(40)22-32(28)29-15-16-37-35(36)20-29)21-31(43-24(2)39)18-27-11-9-26(10-12-27)17-25-7-5-4-6-8-25/h25-35,37,40H,4-22,36H2,1-3H3/p+1/t26?,27?,28?,29?,30-,31+,32?,33?,34?,35?/m1/s1. The molecule has 0 radical (unpaired) electrons. The highest BCUT2D eigenvalue weighted by Gasteiger charge is 2.42. The molecule has 3 saturated carbocycles. The molecular weight excluding hydrogens is 544 g/mol. The summed E-state index contributed by atoms with van der Waals surface area (Å²) in [6.07, 6.45) is 19.1. The van der Waals surface area contributed by atoms with Crippen molar-refractivity contribution in [2.75, 3.05) is 13.7 Å². The molecule has 0 spiro atoms. The van der Waals surface area contributed by atoms with Crippen LogP contribution in [0.25, 0.3) is 0 Å². The Kier molecular flexibility index (Phi) is 14.1. The number of nitrogens with two attached hydrogens (primary N) is 2. The Morgan fingerprint density at radius 1 is 0.860 bits per heavy atom. The molecule has 4 fully saturated rings. The van der Waals surface area contributed by atoms with Gasteiger partial charge in [-0.25, -0.2) is 0 Å². The third-order valence-corrected chi connectivity index (χ3v) is 11.6. The molecule has 3 aliphatic carbocycles. The molecule has 0 amide bonds. The number of carbonyl (C=O) groups is 2. The maximum Gasteiger partial charge on any atom is 0.302 e. The van der Waals surface area contributed by atoms with Gasteiger partial charge in [-0.3, -0.25) is 15.3 Å². The zero-order chi connectivity index (χ0) is 30.8. The van der Waals surface area contributed by atoms with Crippen molar-refractivity contribution in [1.82, 2.24) is 0 Å². The highest BCUT2D eigenvalue weighted by Crippen LogP contribution is 2.43. The second kappa shape index (κ2) is 17.5. The number of aliphatic hydroxyl groups is 1. The van der Waals surface area contributed by atoms with Gasteiger partial charge in [0.15, 0.2) is 0 Å². The van der Waals surface area contributed by atoms with Crippen LogP contribution in [0, 0.1) is 35.5 Å². The van der Waals surface area contributed by atoms with Crippen molar-refractivity contribution in [3.8, 4) is 0 Å². The maximum atomic E-state index is 12.2. The lowest BCUT2D eigenvalue weighted by Gasteiger charge is -2.44. The van der Waals surface area contributed by atoms with Crippen molar-refractivity contribution < 1.29 is 34.2 Å². The monoisotopic (exact) mass is 607 g/mol. The first kappa shape index (κ1) is 34.6. The molecule has 8 heteroatoms. The van der Waals surface area contributed by atoms with Gasteiger partial charge in [-0.05, 0) is 80.5 Å². The van der Waals surface area contributed by atoms with Crippen LogP contribution in [0.15, 0.2) is 0 Å². The summed E-state index contributed by atoms with van der Waals surface area (Å²) in [7, 11) is 1.69. The van der Waals surface area contributed by atoms with E-state index >= 15 is 0 Å². The fourth-order valence-electron chi connectivity index (χ4n) is 9.44. The Hall–Kier alpha value is -1.22. The van der Waals surface area contributed by atoms with Gasteiger partial charge in [0.25, 0.3) is 0 Å². The second-order valence-electron chi connectivity index (χ2n) is 14.8. The molecular formula is C35H63N2O6+. The van der Waals surface area contributed by atoms with Crippen molar-refractivity contribution >= 4 is 11.9 Å². The molecule has 0 aromatic rings. The van der Waals surface area contributed by atoms with Crippen LogP contribution in [0.5, 0.6) is 0 Å². The van der Waals surface area contributed by atoms with Gasteiger partial charge in [0.1, 0.15) is 18.4 Å². The van der Waals surface area contributed by atoms with Crippen molar-refractivity contribution in [3.63, 3.8) is 0 Å². The summed E-state index contributed by atoms with van der Waals surface area (Å²) >= 11 is 0. The first-order valence-electron chi connectivity index (χ1n) is 17.8. The lowest BCUT2D eigenvalue weighted by Crippen LogP contribution is -2.94. The van der Waals surface area contributed by atoms with E-state index in [1.807, 2.05) is 0 Å². The van der Waals surface area contributed by atoms with E-state index in [0.717, 1.165) is 63.3 Å². The SMILES string of the molecule is COC1CC(CC[C@H](C[C@H](CC2CCC(CC3CCCCC3)CC2)OC(C)=O)OC(C)=O)C(C2CC[NH2+]C(N)C2)CC1O. The summed E-state index contributed by atoms with van der Waals surface area (Å²) in [4.78, 5) is 24.3. The number of esters is 2. The van der Waals surface area contributed by atoms with Crippen LogP contribution in [-0.4, -0.2) is 61.3 Å². The van der Waals surface area contributed by atoms with E-state index in [1.54, 1.807) is 7.11 Å². The highest BCUT2D eigenvalue weighted by atomic mass is 16.6. The number of aliphatic hydroxyl groups excluding tert-OH is 1. The normalized spacial score (nSPS) is 35.6. The molecule has 8 atom stereocenters. The summed E-state index contributed by atoms with van der Waals surface area (Å²) < 4.78 is 17.4. The van der Waals surface area contributed by atoms with Crippen LogP contribution in [0.4, 0.5) is 0 Å². The largest absolute Gasteiger partial charge is 0.462 e. The summed E-state index contributed by atoms with van der Waals surface area (Å²) in [6.45, 7) is 3.99. The first-order valence-corrected chi connectivity index (χ1v) is 17.8. The van der Waals surface area contributed by atoms with Crippen LogP contribution >= 0.6 is 0 Å². The number of quaternary nitrogens is 1. The van der Waals surface area contributed by atoms with Gasteiger partial charge in [0, 0.05) is 33.8 Å². The van der Waals surface area contributed by atoms with Gasteiger partial charge in [0.05, 0.1) is 18.8 Å². The van der Waals surface area contributed by atoms with Gasteiger partial charge in [-0.1, -0.05) is 57.8 Å². The Morgan fingerprint density at radius 2 is 1.51 bits per heavy atom. The van der Waals surface area contributed by atoms with E-state index in [4.69, 9.17) is 19.9 Å². The van der Waals surface area contributed by atoms with E-state index in [2.05, 4.69) is 5.32 Å². The Morgan fingerprint density at radius 3 is 2.16 bits per heavy atom. The molecule has 8 nitrogen and oxygen atoms in total. The Balaban J connectivity index is 1.34. The molecule has 5 N–H and O–H groups in total. The molecule has 1 heterocycles. The van der Waals surface area contributed by atoms with Crippen LogP contribution in [-0.2, 0) is 23.8 Å². The van der Waals surface area contributed by atoms with Gasteiger partial charge >= 0.3 is 11.9 Å². The van der Waals surface area contributed by atoms with E-state index in [9.17, 15) is 14.7 Å². The van der Waals surface area contributed by atoms with Gasteiger partial charge in [0.2, 0.25) is 0 Å². The van der Waals surface area contributed by atoms with Crippen molar-refractivity contribution in [2.24, 2.45) is 41.2 Å². The molecule has 6 unspecified atom stereocenters. The molecule has 0 aromatic heterocycles. The molecule has 0 bridgehead atoms. The summed E-state index contributed by atoms with van der Waals surface area (Å²) in [5.74, 6) is 3.06. The zero-order valence-electron chi connectivity index (χ0n) is 27.4. The average Bonchev–Trinajstić information content (AvgIpc) is 2.97. The van der Waals surface area contributed by atoms with Crippen LogP contribution in [0.3, 0.4) is 0 Å². The number of rotatable bonds is 13. The zero-order valence-corrected chi connectivity index (χ0v) is 27.4. The second-order valence-corrected chi connectivity index (χ2v) is 14.8. The minimum Gasteiger partial charge on any atom is -0.462 e. The van der Waals surface area contributed by atoms with E-state index < -0.39 is 6.10 Å². The molecule has 248 valence electrons. The van der Waals surface area contributed by atoms with E-state index in [-0.39, 0.29) is 36.4 Å². The fourth-order valence-corrected chi connectivity index (χ4v) is 9.44. The quantitative estimate of drug-likeness (QED) is 0.256. The third kappa shape index (κ3) is 11.3. The number of carbonyl (C=O) groups excluding carboxylic acids is 2. The Labute approximate surface area is 260 Å². The number of ether oxygens (including phenoxy) is 3. The molecule has 1 saturated heterocycles. The van der Waals surface area contributed by atoms with E-state index in [0.29, 0.717) is 30.1 Å². The topological polar surface area (TPSA) is 125 Å². The first-order chi connectivity index (χ1) is 20.7. The smallest absolute Gasteiger partial charge is 0.302 e. The van der Waals surface area contributed by atoms with E-state index in [1.165, 1.54) is 78.1 Å². The van der Waals surface area contributed by atoms with Gasteiger partial charge < -0.3 is 24.6 Å². The molecule has 4 aliphatic rings. The van der Waals surface area contributed by atoms with Crippen LogP contribution in [0.1, 0.15) is 129 Å². The molecule has 43 heavy (non-hydrogen) atoms. The van der Waals surface area contributed by atoms with Crippen molar-refractivity contribution in [3.05, 3.63) is 0 Å². The van der Waals surface area contributed by atoms with Gasteiger partial charge in [-0.2, -0.15) is 0 Å². The summed E-state index contributed by atoms with van der Waals surface area (Å²) in [5, 5.41) is 13.0. The molecule has 0 aromatic carbocycles. The van der Waals surface area contributed by atoms with Crippen LogP contribution < -0.4 is 11.1 Å². The Bertz CT molecular complexity index is 842. The predicted molar refractivity (Wildman–Crippen MR) is 167 cm³/mol. The van der Waals surface area contributed by atoms with Crippen molar-refractivity contribution in [2.45, 2.75) is 160 Å². The number of piperidine rings is 1.